The van der Waals surface area contributed by atoms with Crippen molar-refractivity contribution < 1.29 is 9.47 Å². The number of unbranched alkanes of at least 4 members (excludes halogenated alkanes) is 3. The first-order valence-corrected chi connectivity index (χ1v) is 9.04. The van der Waals surface area contributed by atoms with E-state index in [9.17, 15) is 0 Å². The maximum Gasteiger partial charge on any atom is 0.161 e. The summed E-state index contributed by atoms with van der Waals surface area (Å²) in [5.41, 5.74) is 2.80. The molecular weight excluding hydrogens is 298 g/mol. The van der Waals surface area contributed by atoms with Gasteiger partial charge in [0.05, 0.1) is 14.2 Å². The first kappa shape index (κ1) is 18.7. The molecule has 0 radical (unpaired) electrons. The molecule has 1 aromatic carbocycles. The van der Waals surface area contributed by atoms with Gasteiger partial charge in [-0.3, -0.25) is 4.90 Å². The second-order valence-corrected chi connectivity index (χ2v) is 6.90. The van der Waals surface area contributed by atoms with Crippen LogP contribution in [0.4, 0.5) is 0 Å². The van der Waals surface area contributed by atoms with Crippen LogP contribution in [0, 0.1) is 18.3 Å². The average molecular weight is 329 g/mol. The van der Waals surface area contributed by atoms with E-state index in [0.717, 1.165) is 43.9 Å². The number of fused-ring (bicyclic) bond motifs is 1. The molecule has 2 rings (SSSR count). The molecule has 132 valence electrons. The molecule has 1 heterocycles. The molecule has 0 saturated carbocycles. The van der Waals surface area contributed by atoms with Gasteiger partial charge in [-0.2, -0.15) is 0 Å². The van der Waals surface area contributed by atoms with Crippen molar-refractivity contribution in [3.63, 3.8) is 0 Å². The van der Waals surface area contributed by atoms with Gasteiger partial charge in [-0.15, -0.1) is 12.3 Å². The Bertz CT molecular complexity index is 574. The zero-order chi connectivity index (χ0) is 17.5. The Morgan fingerprint density at radius 3 is 2.50 bits per heavy atom. The maximum atomic E-state index is 5.53. The molecule has 1 unspecified atom stereocenters. The van der Waals surface area contributed by atoms with E-state index in [2.05, 4.69) is 36.8 Å². The Morgan fingerprint density at radius 2 is 1.88 bits per heavy atom. The highest BCUT2D eigenvalue weighted by molar-refractivity contribution is 5.49. The van der Waals surface area contributed by atoms with Gasteiger partial charge in [0, 0.05) is 19.0 Å². The fraction of sp³-hybridized carbons (Fsp3) is 0.619. The molecule has 0 aromatic heterocycles. The monoisotopic (exact) mass is 329 g/mol. The zero-order valence-corrected chi connectivity index (χ0v) is 15.6. The van der Waals surface area contributed by atoms with E-state index >= 15 is 0 Å². The number of ether oxygens (including phenoxy) is 2. The van der Waals surface area contributed by atoms with Crippen LogP contribution < -0.4 is 9.47 Å². The molecule has 0 amide bonds. The molecule has 0 N–H and O–H groups in total. The fourth-order valence-corrected chi connectivity index (χ4v) is 3.78. The first-order chi connectivity index (χ1) is 11.6. The highest BCUT2D eigenvalue weighted by atomic mass is 16.5. The minimum absolute atomic E-state index is 0.446. The Morgan fingerprint density at radius 1 is 1.17 bits per heavy atom. The van der Waals surface area contributed by atoms with Crippen molar-refractivity contribution in [3.05, 3.63) is 23.3 Å². The lowest BCUT2D eigenvalue weighted by atomic mass is 9.85. The summed E-state index contributed by atoms with van der Waals surface area (Å²) in [5.74, 6) is 4.96. The number of nitrogens with zero attached hydrogens (tertiary/aromatic N) is 1. The van der Waals surface area contributed by atoms with Gasteiger partial charge in [0.1, 0.15) is 0 Å². The standard InChI is InChI=1S/C21H31NO2/c1-6-7-8-9-10-12-22-13-11-17-14-19(23-4)20(24-5)15-18(17)21(22)16(2)3/h1,14-16,21H,7-13H2,2-5H3. The maximum absolute atomic E-state index is 5.53. The van der Waals surface area contributed by atoms with Crippen molar-refractivity contribution in [1.82, 2.24) is 4.90 Å². The van der Waals surface area contributed by atoms with Crippen LogP contribution in [0.15, 0.2) is 12.1 Å². The number of hydrogen-bond acceptors (Lipinski definition) is 3. The lowest BCUT2D eigenvalue weighted by Crippen LogP contribution is -2.38. The number of benzene rings is 1. The van der Waals surface area contributed by atoms with Crippen LogP contribution in [0.3, 0.4) is 0 Å². The summed E-state index contributed by atoms with van der Waals surface area (Å²) in [6.45, 7) is 6.87. The smallest absolute Gasteiger partial charge is 0.161 e. The topological polar surface area (TPSA) is 21.7 Å². The van der Waals surface area contributed by atoms with E-state index in [0.29, 0.717) is 12.0 Å². The predicted molar refractivity (Wildman–Crippen MR) is 99.7 cm³/mol. The summed E-state index contributed by atoms with van der Waals surface area (Å²) < 4.78 is 11.0. The van der Waals surface area contributed by atoms with Crippen molar-refractivity contribution in [2.24, 2.45) is 5.92 Å². The highest BCUT2D eigenvalue weighted by Gasteiger charge is 2.30. The lowest BCUT2D eigenvalue weighted by Gasteiger charge is -2.40. The van der Waals surface area contributed by atoms with Crippen LogP contribution >= 0.6 is 0 Å². The molecule has 0 bridgehead atoms. The number of hydrogen-bond donors (Lipinski definition) is 0. The normalized spacial score (nSPS) is 17.4. The summed E-state index contributed by atoms with van der Waals surface area (Å²) in [4.78, 5) is 2.63. The van der Waals surface area contributed by atoms with Crippen molar-refractivity contribution in [2.75, 3.05) is 27.3 Å². The minimum Gasteiger partial charge on any atom is -0.493 e. The van der Waals surface area contributed by atoms with Gasteiger partial charge in [0.15, 0.2) is 11.5 Å². The molecule has 1 aliphatic rings. The van der Waals surface area contributed by atoms with Crippen LogP contribution in [0.5, 0.6) is 11.5 Å². The Hall–Kier alpha value is -1.66. The third-order valence-electron chi connectivity index (χ3n) is 4.92. The van der Waals surface area contributed by atoms with Gasteiger partial charge in [-0.05, 0) is 55.0 Å². The van der Waals surface area contributed by atoms with Crippen LogP contribution in [0.1, 0.15) is 56.7 Å². The number of rotatable bonds is 8. The molecule has 3 heteroatoms. The van der Waals surface area contributed by atoms with E-state index in [-0.39, 0.29) is 0 Å². The van der Waals surface area contributed by atoms with Crippen LogP contribution in [0.25, 0.3) is 0 Å². The van der Waals surface area contributed by atoms with E-state index in [1.54, 1.807) is 14.2 Å². The summed E-state index contributed by atoms with van der Waals surface area (Å²) in [6.07, 6.45) is 10.9. The van der Waals surface area contributed by atoms with E-state index in [1.807, 2.05) is 0 Å². The molecule has 1 aromatic rings. The van der Waals surface area contributed by atoms with Gasteiger partial charge in [-0.25, -0.2) is 0 Å². The van der Waals surface area contributed by atoms with Gasteiger partial charge in [-0.1, -0.05) is 20.3 Å². The van der Waals surface area contributed by atoms with E-state index in [4.69, 9.17) is 15.9 Å². The summed E-state index contributed by atoms with van der Waals surface area (Å²) in [7, 11) is 3.41. The second kappa shape index (κ2) is 8.99. The third-order valence-corrected chi connectivity index (χ3v) is 4.92. The molecule has 0 spiro atoms. The highest BCUT2D eigenvalue weighted by Crippen LogP contribution is 2.41. The van der Waals surface area contributed by atoms with Crippen LogP contribution in [-0.2, 0) is 6.42 Å². The van der Waals surface area contributed by atoms with Gasteiger partial charge >= 0.3 is 0 Å². The van der Waals surface area contributed by atoms with Gasteiger partial charge in [0.2, 0.25) is 0 Å². The van der Waals surface area contributed by atoms with Crippen LogP contribution in [-0.4, -0.2) is 32.2 Å². The molecule has 3 nitrogen and oxygen atoms in total. The molecule has 1 aliphatic heterocycles. The van der Waals surface area contributed by atoms with Gasteiger partial charge in [0.25, 0.3) is 0 Å². The first-order valence-electron chi connectivity index (χ1n) is 9.04. The summed E-state index contributed by atoms with van der Waals surface area (Å²) in [6, 6.07) is 4.79. The largest absolute Gasteiger partial charge is 0.493 e. The zero-order valence-electron chi connectivity index (χ0n) is 15.6. The summed E-state index contributed by atoms with van der Waals surface area (Å²) >= 11 is 0. The molecule has 1 atom stereocenters. The Kier molecular flexibility index (Phi) is 6.99. The SMILES string of the molecule is C#CCCCCCN1CCc2cc(OC)c(OC)cc2C1C(C)C. The Balaban J connectivity index is 2.17. The van der Waals surface area contributed by atoms with Crippen LogP contribution in [0.2, 0.25) is 0 Å². The molecule has 0 fully saturated rings. The van der Waals surface area contributed by atoms with Crippen molar-refractivity contribution >= 4 is 0 Å². The van der Waals surface area contributed by atoms with Gasteiger partial charge < -0.3 is 9.47 Å². The minimum atomic E-state index is 0.446. The molecule has 0 aliphatic carbocycles. The van der Waals surface area contributed by atoms with E-state index < -0.39 is 0 Å². The summed E-state index contributed by atoms with van der Waals surface area (Å²) in [5, 5.41) is 0. The molecule has 24 heavy (non-hydrogen) atoms. The van der Waals surface area contributed by atoms with Crippen molar-refractivity contribution in [1.29, 1.82) is 0 Å². The molecule has 0 saturated heterocycles. The van der Waals surface area contributed by atoms with Crippen molar-refractivity contribution in [3.8, 4) is 23.8 Å². The number of methoxy groups -OCH3 is 2. The van der Waals surface area contributed by atoms with Crippen molar-refractivity contribution in [2.45, 2.75) is 52.0 Å². The molecular formula is C21H31NO2. The predicted octanol–water partition coefficient (Wildman–Crippen LogP) is 4.45. The third kappa shape index (κ3) is 4.24. The number of terminal acetylenes is 1. The average Bonchev–Trinajstić information content (AvgIpc) is 2.59. The lowest BCUT2D eigenvalue weighted by molar-refractivity contribution is 0.140. The quantitative estimate of drug-likeness (QED) is 0.519. The second-order valence-electron chi connectivity index (χ2n) is 6.90. The Labute approximate surface area is 147 Å². The fourth-order valence-electron chi connectivity index (χ4n) is 3.78. The van der Waals surface area contributed by atoms with E-state index in [1.165, 1.54) is 24.0 Å².